The molecule has 39 heavy (non-hydrogen) atoms. The fourth-order valence-electron chi connectivity index (χ4n) is 4.92. The predicted octanol–water partition coefficient (Wildman–Crippen LogP) is 5.82. The van der Waals surface area contributed by atoms with Gasteiger partial charge in [0.25, 0.3) is 5.91 Å². The molecule has 0 saturated carbocycles. The van der Waals surface area contributed by atoms with Crippen molar-refractivity contribution in [2.24, 2.45) is 0 Å². The van der Waals surface area contributed by atoms with Crippen molar-refractivity contribution < 1.29 is 23.8 Å². The summed E-state index contributed by atoms with van der Waals surface area (Å²) in [7, 11) is 4.77. The summed E-state index contributed by atoms with van der Waals surface area (Å²) in [5.74, 6) is 1.07. The molecule has 0 saturated heterocycles. The molecule has 1 atom stereocenters. The maximum absolute atomic E-state index is 14.1. The molecule has 3 aromatic rings. The highest BCUT2D eigenvalue weighted by molar-refractivity contribution is 6.31. The minimum absolute atomic E-state index is 0.0396. The van der Waals surface area contributed by atoms with Gasteiger partial charge in [-0.05, 0) is 79.4 Å². The van der Waals surface area contributed by atoms with Crippen LogP contribution in [0.1, 0.15) is 40.4 Å². The summed E-state index contributed by atoms with van der Waals surface area (Å²) in [5, 5.41) is 3.93. The van der Waals surface area contributed by atoms with Crippen molar-refractivity contribution in [1.82, 2.24) is 5.32 Å². The smallest absolute Gasteiger partial charge is 0.251 e. The summed E-state index contributed by atoms with van der Waals surface area (Å²) in [6.45, 7) is 3.10. The van der Waals surface area contributed by atoms with Gasteiger partial charge in [0.2, 0.25) is 5.91 Å². The summed E-state index contributed by atoms with van der Waals surface area (Å²) >= 11 is 12.9. The lowest BCUT2D eigenvalue weighted by atomic mass is 9.78. The largest absolute Gasteiger partial charge is 0.497 e. The molecule has 0 aromatic heterocycles. The van der Waals surface area contributed by atoms with E-state index in [1.54, 1.807) is 56.6 Å². The Hall–Kier alpha value is -3.26. The molecule has 0 radical (unpaired) electrons. The number of amides is 2. The summed E-state index contributed by atoms with van der Waals surface area (Å²) < 4.78 is 15.9. The van der Waals surface area contributed by atoms with Crippen LogP contribution in [0.25, 0.3) is 0 Å². The van der Waals surface area contributed by atoms with Gasteiger partial charge in [0.1, 0.15) is 11.5 Å². The van der Waals surface area contributed by atoms with E-state index in [-0.39, 0.29) is 11.8 Å². The Morgan fingerprint density at radius 3 is 2.49 bits per heavy atom. The molecule has 1 aliphatic rings. The molecule has 7 nitrogen and oxygen atoms in total. The Labute approximate surface area is 238 Å². The van der Waals surface area contributed by atoms with Crippen LogP contribution in [0.5, 0.6) is 11.5 Å². The third-order valence-corrected chi connectivity index (χ3v) is 7.78. The standard InChI is InChI=1S/C30H32Cl2N2O5/c1-30(12-11-19-15-20(6-9-25(19)32)28(35)33-13-14-37-2)24-16-22(31)7-10-26(24)34(29(30)36)18-21-5-8-23(38-3)17-27(21)39-4/h5-10,15-17H,11-14,18H2,1-4H3,(H,33,35). The number of hydrogen-bond donors (Lipinski definition) is 1. The average Bonchev–Trinajstić information content (AvgIpc) is 3.14. The van der Waals surface area contributed by atoms with E-state index in [0.29, 0.717) is 59.6 Å². The van der Waals surface area contributed by atoms with Crippen LogP contribution in [0.2, 0.25) is 10.0 Å². The van der Waals surface area contributed by atoms with E-state index in [1.807, 2.05) is 31.2 Å². The van der Waals surface area contributed by atoms with Crippen LogP contribution < -0.4 is 19.7 Å². The van der Waals surface area contributed by atoms with E-state index in [4.69, 9.17) is 37.4 Å². The van der Waals surface area contributed by atoms with Gasteiger partial charge in [0.05, 0.1) is 32.8 Å². The Kier molecular flexibility index (Phi) is 9.05. The van der Waals surface area contributed by atoms with Crippen LogP contribution in [-0.2, 0) is 27.9 Å². The van der Waals surface area contributed by atoms with Crippen LogP contribution in [0.3, 0.4) is 0 Å². The van der Waals surface area contributed by atoms with Gasteiger partial charge < -0.3 is 24.4 Å². The summed E-state index contributed by atoms with van der Waals surface area (Å²) in [6, 6.07) is 16.3. The molecule has 206 valence electrons. The highest BCUT2D eigenvalue weighted by Gasteiger charge is 2.47. The quantitative estimate of drug-likeness (QED) is 0.294. The number of anilines is 1. The zero-order chi connectivity index (χ0) is 28.2. The van der Waals surface area contributed by atoms with Gasteiger partial charge >= 0.3 is 0 Å². The number of methoxy groups -OCH3 is 3. The molecule has 4 rings (SSSR count). The van der Waals surface area contributed by atoms with E-state index < -0.39 is 5.41 Å². The third-order valence-electron chi connectivity index (χ3n) is 7.18. The molecule has 0 aliphatic carbocycles. The first-order chi connectivity index (χ1) is 18.7. The number of fused-ring (bicyclic) bond motifs is 1. The van der Waals surface area contributed by atoms with Crippen LogP contribution in [0.4, 0.5) is 5.69 Å². The second-order valence-corrected chi connectivity index (χ2v) is 10.5. The van der Waals surface area contributed by atoms with Crippen molar-refractivity contribution in [3.05, 3.63) is 86.9 Å². The van der Waals surface area contributed by atoms with E-state index in [2.05, 4.69) is 5.32 Å². The fraction of sp³-hybridized carbons (Fsp3) is 0.333. The van der Waals surface area contributed by atoms with Gasteiger partial charge in [0, 0.05) is 46.6 Å². The van der Waals surface area contributed by atoms with Crippen molar-refractivity contribution in [2.75, 3.05) is 39.4 Å². The van der Waals surface area contributed by atoms with Crippen molar-refractivity contribution in [3.63, 3.8) is 0 Å². The highest BCUT2D eigenvalue weighted by Crippen LogP contribution is 2.47. The average molecular weight is 572 g/mol. The number of nitrogens with zero attached hydrogens (tertiary/aromatic N) is 1. The molecule has 1 unspecified atom stereocenters. The number of ether oxygens (including phenoxy) is 3. The molecule has 1 aliphatic heterocycles. The van der Waals surface area contributed by atoms with Gasteiger partial charge in [-0.2, -0.15) is 0 Å². The van der Waals surface area contributed by atoms with Gasteiger partial charge in [-0.3, -0.25) is 9.59 Å². The molecule has 1 N–H and O–H groups in total. The molecule has 2 amide bonds. The normalized spacial score (nSPS) is 16.3. The van der Waals surface area contributed by atoms with E-state index in [9.17, 15) is 9.59 Å². The van der Waals surface area contributed by atoms with Crippen molar-refractivity contribution >= 4 is 40.7 Å². The minimum atomic E-state index is -0.847. The molecule has 9 heteroatoms. The maximum atomic E-state index is 14.1. The first kappa shape index (κ1) is 28.7. The monoisotopic (exact) mass is 570 g/mol. The van der Waals surface area contributed by atoms with Crippen LogP contribution in [0.15, 0.2) is 54.6 Å². The zero-order valence-corrected chi connectivity index (χ0v) is 24.0. The number of carbonyl (C=O) groups excluding carboxylic acids is 2. The summed E-state index contributed by atoms with van der Waals surface area (Å²) in [4.78, 5) is 28.4. The lowest BCUT2D eigenvalue weighted by molar-refractivity contribution is -0.123. The minimum Gasteiger partial charge on any atom is -0.497 e. The number of carbonyl (C=O) groups is 2. The van der Waals surface area contributed by atoms with Gasteiger partial charge in [0.15, 0.2) is 0 Å². The summed E-state index contributed by atoms with van der Waals surface area (Å²) in [5.41, 5.74) is 2.97. The zero-order valence-electron chi connectivity index (χ0n) is 22.5. The second kappa shape index (κ2) is 12.3. The topological polar surface area (TPSA) is 77.1 Å². The SMILES string of the molecule is COCCNC(=O)c1ccc(Cl)c(CCC2(C)C(=O)N(Cc3ccc(OC)cc3OC)c3ccc(Cl)cc32)c1. The summed E-state index contributed by atoms with van der Waals surface area (Å²) in [6.07, 6.45) is 0.968. The Bertz CT molecular complexity index is 1380. The number of benzene rings is 3. The fourth-order valence-corrected chi connectivity index (χ4v) is 5.30. The van der Waals surface area contributed by atoms with Gasteiger partial charge in [-0.15, -0.1) is 0 Å². The molecule has 0 bridgehead atoms. The predicted molar refractivity (Wildman–Crippen MR) is 154 cm³/mol. The number of aryl methyl sites for hydroxylation is 1. The first-order valence-electron chi connectivity index (χ1n) is 12.6. The van der Waals surface area contributed by atoms with E-state index >= 15 is 0 Å². The maximum Gasteiger partial charge on any atom is 0.251 e. The number of nitrogens with one attached hydrogen (secondary N) is 1. The van der Waals surface area contributed by atoms with Crippen LogP contribution >= 0.6 is 23.2 Å². The second-order valence-electron chi connectivity index (χ2n) is 9.62. The first-order valence-corrected chi connectivity index (χ1v) is 13.4. The highest BCUT2D eigenvalue weighted by atomic mass is 35.5. The van der Waals surface area contributed by atoms with Crippen molar-refractivity contribution in [3.8, 4) is 11.5 Å². The lowest BCUT2D eigenvalue weighted by Gasteiger charge is -2.25. The molecular formula is C30H32Cl2N2O5. The van der Waals surface area contributed by atoms with Crippen LogP contribution in [-0.4, -0.2) is 46.3 Å². The van der Waals surface area contributed by atoms with E-state index in [1.165, 1.54) is 0 Å². The Morgan fingerprint density at radius 2 is 1.77 bits per heavy atom. The molecule has 3 aromatic carbocycles. The van der Waals surface area contributed by atoms with Gasteiger partial charge in [-0.1, -0.05) is 23.2 Å². The Morgan fingerprint density at radius 1 is 0.974 bits per heavy atom. The van der Waals surface area contributed by atoms with Crippen molar-refractivity contribution in [1.29, 1.82) is 0 Å². The van der Waals surface area contributed by atoms with E-state index in [0.717, 1.165) is 22.4 Å². The lowest BCUT2D eigenvalue weighted by Crippen LogP contribution is -2.38. The van der Waals surface area contributed by atoms with Gasteiger partial charge in [-0.25, -0.2) is 0 Å². The molecule has 0 spiro atoms. The van der Waals surface area contributed by atoms with Crippen LogP contribution in [0, 0.1) is 0 Å². The number of halogens is 2. The number of hydrogen-bond acceptors (Lipinski definition) is 5. The molecular weight excluding hydrogens is 539 g/mol. The van der Waals surface area contributed by atoms with Crippen molar-refractivity contribution in [2.45, 2.75) is 31.7 Å². The molecule has 1 heterocycles. The molecule has 0 fully saturated rings. The third kappa shape index (κ3) is 6.01. The Balaban J connectivity index is 1.61. The number of rotatable bonds is 11.